The standard InChI is InChI=1S/C13H26N2OS/c1-10(9-16-4)14-12(17)15-11-7-5-6-8-13(11,2)3/h10-11H,5-9H2,1-4H3,(H2,14,15,17). The van der Waals surface area contributed by atoms with E-state index in [0.717, 1.165) is 5.11 Å². The molecule has 0 spiro atoms. The molecule has 0 aliphatic heterocycles. The summed E-state index contributed by atoms with van der Waals surface area (Å²) in [6, 6.07) is 0.748. The van der Waals surface area contributed by atoms with Gasteiger partial charge in [0.1, 0.15) is 0 Å². The van der Waals surface area contributed by atoms with Gasteiger partial charge in [-0.1, -0.05) is 26.7 Å². The molecule has 1 fully saturated rings. The van der Waals surface area contributed by atoms with E-state index < -0.39 is 0 Å². The van der Waals surface area contributed by atoms with Crippen molar-refractivity contribution < 1.29 is 4.74 Å². The minimum atomic E-state index is 0.256. The van der Waals surface area contributed by atoms with Gasteiger partial charge in [0.25, 0.3) is 0 Å². The lowest BCUT2D eigenvalue weighted by Crippen LogP contribution is -2.52. The smallest absolute Gasteiger partial charge is 0.166 e. The van der Waals surface area contributed by atoms with E-state index >= 15 is 0 Å². The summed E-state index contributed by atoms with van der Waals surface area (Å²) in [6.45, 7) is 7.40. The van der Waals surface area contributed by atoms with Gasteiger partial charge in [-0.15, -0.1) is 0 Å². The van der Waals surface area contributed by atoms with Crippen LogP contribution in [-0.2, 0) is 4.74 Å². The molecule has 1 aliphatic rings. The normalized spacial score (nSPS) is 25.1. The van der Waals surface area contributed by atoms with Crippen molar-refractivity contribution in [3.05, 3.63) is 0 Å². The molecule has 0 aromatic heterocycles. The van der Waals surface area contributed by atoms with E-state index in [1.807, 2.05) is 0 Å². The van der Waals surface area contributed by atoms with Gasteiger partial charge >= 0.3 is 0 Å². The van der Waals surface area contributed by atoms with Crippen LogP contribution in [0.4, 0.5) is 0 Å². The van der Waals surface area contributed by atoms with Crippen LogP contribution in [0, 0.1) is 5.41 Å². The number of nitrogens with one attached hydrogen (secondary N) is 2. The fourth-order valence-electron chi connectivity index (χ4n) is 2.48. The molecule has 3 nitrogen and oxygen atoms in total. The lowest BCUT2D eigenvalue weighted by molar-refractivity contribution is 0.174. The van der Waals surface area contributed by atoms with Crippen molar-refractivity contribution in [3.63, 3.8) is 0 Å². The molecule has 1 aliphatic carbocycles. The van der Waals surface area contributed by atoms with Gasteiger partial charge in [0.15, 0.2) is 5.11 Å². The second-order valence-electron chi connectivity index (χ2n) is 5.76. The molecule has 4 heteroatoms. The van der Waals surface area contributed by atoms with E-state index in [2.05, 4.69) is 31.4 Å². The molecule has 17 heavy (non-hydrogen) atoms. The lowest BCUT2D eigenvalue weighted by Gasteiger charge is -2.39. The van der Waals surface area contributed by atoms with Crippen LogP contribution in [0.3, 0.4) is 0 Å². The molecule has 2 N–H and O–H groups in total. The van der Waals surface area contributed by atoms with Crippen molar-refractivity contribution in [1.29, 1.82) is 0 Å². The summed E-state index contributed by atoms with van der Waals surface area (Å²) in [6.07, 6.45) is 5.14. The lowest BCUT2D eigenvalue weighted by atomic mass is 9.73. The van der Waals surface area contributed by atoms with Crippen LogP contribution in [0.2, 0.25) is 0 Å². The summed E-state index contributed by atoms with van der Waals surface area (Å²) in [5.41, 5.74) is 0.342. The second-order valence-corrected chi connectivity index (χ2v) is 6.17. The van der Waals surface area contributed by atoms with Gasteiger partial charge in [-0.2, -0.15) is 0 Å². The van der Waals surface area contributed by atoms with E-state index in [9.17, 15) is 0 Å². The van der Waals surface area contributed by atoms with Gasteiger partial charge in [-0.3, -0.25) is 0 Å². The van der Waals surface area contributed by atoms with Crippen molar-refractivity contribution in [1.82, 2.24) is 10.6 Å². The molecule has 2 atom stereocenters. The number of methoxy groups -OCH3 is 1. The molecular weight excluding hydrogens is 232 g/mol. The SMILES string of the molecule is COCC(C)NC(=S)NC1CCCCC1(C)C. The highest BCUT2D eigenvalue weighted by Gasteiger charge is 2.32. The largest absolute Gasteiger partial charge is 0.383 e. The Morgan fingerprint density at radius 2 is 2.18 bits per heavy atom. The number of rotatable bonds is 4. The van der Waals surface area contributed by atoms with Crippen molar-refractivity contribution in [2.24, 2.45) is 5.41 Å². The summed E-state index contributed by atoms with van der Waals surface area (Å²) in [5, 5.41) is 7.48. The van der Waals surface area contributed by atoms with Crippen molar-refractivity contribution >= 4 is 17.3 Å². The fraction of sp³-hybridized carbons (Fsp3) is 0.923. The van der Waals surface area contributed by atoms with Crippen LogP contribution in [0.25, 0.3) is 0 Å². The summed E-state index contributed by atoms with van der Waals surface area (Å²) >= 11 is 5.35. The minimum absolute atomic E-state index is 0.256. The molecule has 1 saturated carbocycles. The van der Waals surface area contributed by atoms with Crippen LogP contribution in [0.1, 0.15) is 46.5 Å². The number of hydrogen-bond donors (Lipinski definition) is 2. The van der Waals surface area contributed by atoms with Crippen molar-refractivity contribution in [3.8, 4) is 0 Å². The molecule has 0 aromatic carbocycles. The maximum Gasteiger partial charge on any atom is 0.166 e. The monoisotopic (exact) mass is 258 g/mol. The predicted octanol–water partition coefficient (Wildman–Crippen LogP) is 2.45. The first-order chi connectivity index (χ1) is 7.95. The van der Waals surface area contributed by atoms with Gasteiger partial charge in [-0.25, -0.2) is 0 Å². The highest BCUT2D eigenvalue weighted by atomic mass is 32.1. The van der Waals surface area contributed by atoms with E-state index in [0.29, 0.717) is 18.1 Å². The van der Waals surface area contributed by atoms with Gasteiger partial charge in [0, 0.05) is 19.2 Å². The van der Waals surface area contributed by atoms with Crippen LogP contribution in [0.5, 0.6) is 0 Å². The highest BCUT2D eigenvalue weighted by molar-refractivity contribution is 7.80. The zero-order valence-electron chi connectivity index (χ0n) is 11.5. The first kappa shape index (κ1) is 14.7. The first-order valence-corrected chi connectivity index (χ1v) is 6.92. The fourth-order valence-corrected chi connectivity index (χ4v) is 2.82. The number of hydrogen-bond acceptors (Lipinski definition) is 2. The molecule has 2 unspecified atom stereocenters. The highest BCUT2D eigenvalue weighted by Crippen LogP contribution is 2.35. The van der Waals surface area contributed by atoms with Gasteiger partial charge < -0.3 is 15.4 Å². The zero-order valence-corrected chi connectivity index (χ0v) is 12.3. The first-order valence-electron chi connectivity index (χ1n) is 6.51. The zero-order chi connectivity index (χ0) is 12.9. The van der Waals surface area contributed by atoms with Crippen LogP contribution in [0.15, 0.2) is 0 Å². The molecule has 1 rings (SSSR count). The molecule has 0 saturated heterocycles. The van der Waals surface area contributed by atoms with E-state index in [-0.39, 0.29) is 6.04 Å². The summed E-state index contributed by atoms with van der Waals surface area (Å²) in [4.78, 5) is 0. The maximum atomic E-state index is 5.35. The molecule has 0 aromatic rings. The Balaban J connectivity index is 2.39. The van der Waals surface area contributed by atoms with Crippen molar-refractivity contribution in [2.45, 2.75) is 58.5 Å². The Hall–Kier alpha value is -0.350. The number of thiocarbonyl (C=S) groups is 1. The molecule has 100 valence electrons. The second kappa shape index (κ2) is 6.55. The Kier molecular flexibility index (Phi) is 5.67. The average Bonchev–Trinajstić information content (AvgIpc) is 2.21. The summed E-state index contributed by atoms with van der Waals surface area (Å²) < 4.78 is 5.09. The molecule has 0 amide bonds. The molecule has 0 heterocycles. The Morgan fingerprint density at radius 3 is 2.76 bits per heavy atom. The minimum Gasteiger partial charge on any atom is -0.383 e. The molecule has 0 bridgehead atoms. The van der Waals surface area contributed by atoms with Crippen LogP contribution in [-0.4, -0.2) is 30.9 Å². The van der Waals surface area contributed by atoms with Gasteiger partial charge in [0.05, 0.1) is 6.61 Å². The van der Waals surface area contributed by atoms with Crippen LogP contribution < -0.4 is 10.6 Å². The van der Waals surface area contributed by atoms with E-state index in [4.69, 9.17) is 17.0 Å². The topological polar surface area (TPSA) is 33.3 Å². The maximum absolute atomic E-state index is 5.35. The number of ether oxygens (including phenoxy) is 1. The Bertz CT molecular complexity index is 256. The quantitative estimate of drug-likeness (QED) is 0.759. The Morgan fingerprint density at radius 1 is 1.47 bits per heavy atom. The molecule has 0 radical (unpaired) electrons. The molecular formula is C13H26N2OS. The van der Waals surface area contributed by atoms with Crippen LogP contribution >= 0.6 is 12.2 Å². The Labute approximate surface area is 111 Å². The summed E-state index contributed by atoms with van der Waals surface area (Å²) in [7, 11) is 1.71. The summed E-state index contributed by atoms with van der Waals surface area (Å²) in [5.74, 6) is 0. The van der Waals surface area contributed by atoms with Crippen molar-refractivity contribution in [2.75, 3.05) is 13.7 Å². The third-order valence-corrected chi connectivity index (χ3v) is 3.84. The predicted molar refractivity (Wildman–Crippen MR) is 76.2 cm³/mol. The van der Waals surface area contributed by atoms with Gasteiger partial charge in [0.2, 0.25) is 0 Å². The third kappa shape index (κ3) is 4.80. The third-order valence-electron chi connectivity index (χ3n) is 3.61. The van der Waals surface area contributed by atoms with E-state index in [1.165, 1.54) is 25.7 Å². The van der Waals surface area contributed by atoms with Gasteiger partial charge in [-0.05, 0) is 37.4 Å². The van der Waals surface area contributed by atoms with E-state index in [1.54, 1.807) is 7.11 Å². The average molecular weight is 258 g/mol.